The van der Waals surface area contributed by atoms with E-state index < -0.39 is 29.6 Å². The second kappa shape index (κ2) is 8.65. The van der Waals surface area contributed by atoms with E-state index in [1.54, 1.807) is 6.92 Å². The van der Waals surface area contributed by atoms with Gasteiger partial charge in [-0.2, -0.15) is 0 Å². The van der Waals surface area contributed by atoms with Crippen molar-refractivity contribution >= 4 is 18.0 Å². The molecule has 4 rings (SSSR count). The summed E-state index contributed by atoms with van der Waals surface area (Å²) in [5.41, 5.74) is 3.29. The van der Waals surface area contributed by atoms with E-state index in [-0.39, 0.29) is 24.9 Å². The van der Waals surface area contributed by atoms with Crippen molar-refractivity contribution in [2.75, 3.05) is 6.61 Å². The predicted molar refractivity (Wildman–Crippen MR) is 119 cm³/mol. The molecular weight excluding hydrogens is 408 g/mol. The Labute approximate surface area is 187 Å². The van der Waals surface area contributed by atoms with Crippen LogP contribution in [0.15, 0.2) is 48.5 Å². The van der Waals surface area contributed by atoms with Crippen LogP contribution in [-0.2, 0) is 14.3 Å². The summed E-state index contributed by atoms with van der Waals surface area (Å²) in [6, 6.07) is 15.7. The first-order valence-electron chi connectivity index (χ1n) is 11.0. The van der Waals surface area contributed by atoms with Crippen LogP contribution in [0, 0.1) is 5.92 Å². The maximum atomic E-state index is 12.4. The number of hydrogen-bond donors (Lipinski definition) is 3. The molecule has 0 bridgehead atoms. The molecule has 2 aliphatic carbocycles. The van der Waals surface area contributed by atoms with Crippen LogP contribution in [0.4, 0.5) is 4.79 Å². The zero-order valence-electron chi connectivity index (χ0n) is 18.3. The number of ether oxygens (including phenoxy) is 1. The fourth-order valence-electron chi connectivity index (χ4n) is 4.50. The van der Waals surface area contributed by atoms with E-state index in [0.29, 0.717) is 0 Å². The normalized spacial score (nSPS) is 17.4. The van der Waals surface area contributed by atoms with Gasteiger partial charge in [0.2, 0.25) is 5.91 Å². The van der Waals surface area contributed by atoms with Crippen LogP contribution in [0.1, 0.15) is 50.2 Å². The monoisotopic (exact) mass is 436 g/mol. The lowest BCUT2D eigenvalue weighted by Gasteiger charge is -2.27. The van der Waals surface area contributed by atoms with Gasteiger partial charge in [0.1, 0.15) is 12.1 Å². The minimum atomic E-state index is -1.26. The molecule has 0 radical (unpaired) electrons. The Bertz CT molecular complexity index is 1000. The molecule has 32 heavy (non-hydrogen) atoms. The molecular formula is C25H28N2O5. The van der Waals surface area contributed by atoms with Crippen LogP contribution in [-0.4, -0.2) is 41.3 Å². The minimum absolute atomic E-state index is 0.0280. The van der Waals surface area contributed by atoms with E-state index in [0.717, 1.165) is 35.1 Å². The first-order chi connectivity index (χ1) is 15.3. The highest BCUT2D eigenvalue weighted by Crippen LogP contribution is 2.44. The Hall–Kier alpha value is -3.35. The van der Waals surface area contributed by atoms with E-state index in [1.807, 2.05) is 36.4 Å². The van der Waals surface area contributed by atoms with Gasteiger partial charge in [0.15, 0.2) is 0 Å². The number of carbonyl (C=O) groups is 3. The Morgan fingerprint density at radius 2 is 1.62 bits per heavy atom. The van der Waals surface area contributed by atoms with Gasteiger partial charge in [0.25, 0.3) is 0 Å². The quantitative estimate of drug-likeness (QED) is 0.586. The molecule has 0 heterocycles. The molecule has 0 saturated heterocycles. The third-order valence-electron chi connectivity index (χ3n) is 6.44. The number of hydrogen-bond acceptors (Lipinski definition) is 4. The highest BCUT2D eigenvalue weighted by atomic mass is 16.5. The average molecular weight is 437 g/mol. The van der Waals surface area contributed by atoms with Crippen LogP contribution in [0.25, 0.3) is 11.1 Å². The minimum Gasteiger partial charge on any atom is -0.480 e. The topological polar surface area (TPSA) is 105 Å². The fourth-order valence-corrected chi connectivity index (χ4v) is 4.50. The number of alkyl carbamates (subject to hydrolysis) is 1. The first kappa shape index (κ1) is 21.9. The van der Waals surface area contributed by atoms with E-state index in [9.17, 15) is 19.5 Å². The maximum Gasteiger partial charge on any atom is 0.407 e. The molecule has 0 aromatic heterocycles. The summed E-state index contributed by atoms with van der Waals surface area (Å²) in [5, 5.41) is 14.8. The van der Waals surface area contributed by atoms with Gasteiger partial charge in [-0.15, -0.1) is 0 Å². The summed E-state index contributed by atoms with van der Waals surface area (Å²) in [5.74, 6) is -1.53. The lowest BCUT2D eigenvalue weighted by molar-refractivity contribution is -0.148. The van der Waals surface area contributed by atoms with Crippen molar-refractivity contribution in [2.24, 2.45) is 5.92 Å². The molecule has 2 aromatic rings. The van der Waals surface area contributed by atoms with Crippen molar-refractivity contribution in [3.8, 4) is 11.1 Å². The van der Waals surface area contributed by atoms with Crippen molar-refractivity contribution in [3.63, 3.8) is 0 Å². The van der Waals surface area contributed by atoms with Crippen molar-refractivity contribution in [1.82, 2.24) is 10.6 Å². The standard InChI is InChI=1S/C25H28N2O5/c1-15(13-22(28)27-25(2,23(29)30)16-11-12-16)26-24(31)32-14-21-19-9-5-3-7-17(19)18-8-4-6-10-20(18)21/h3-10,15-16,21H,11-14H2,1-2H3,(H,26,31)(H,27,28)(H,29,30). The number of carboxylic acid groups (broad SMARTS) is 1. The summed E-state index contributed by atoms with van der Waals surface area (Å²) in [6.07, 6.45) is 0.947. The second-order valence-corrected chi connectivity index (χ2v) is 8.91. The third-order valence-corrected chi connectivity index (χ3v) is 6.44. The molecule has 0 aliphatic heterocycles. The zero-order chi connectivity index (χ0) is 22.9. The molecule has 7 heteroatoms. The lowest BCUT2D eigenvalue weighted by atomic mass is 9.95. The molecule has 1 saturated carbocycles. The smallest absolute Gasteiger partial charge is 0.407 e. The highest BCUT2D eigenvalue weighted by molar-refractivity contribution is 5.87. The van der Waals surface area contributed by atoms with Gasteiger partial charge in [-0.25, -0.2) is 9.59 Å². The molecule has 1 fully saturated rings. The van der Waals surface area contributed by atoms with Crippen LogP contribution in [0.3, 0.4) is 0 Å². The number of fused-ring (bicyclic) bond motifs is 3. The third kappa shape index (κ3) is 4.33. The van der Waals surface area contributed by atoms with Crippen LogP contribution >= 0.6 is 0 Å². The predicted octanol–water partition coefficient (Wildman–Crippen LogP) is 3.67. The number of carboxylic acids is 1. The summed E-state index contributed by atoms with van der Waals surface area (Å²) < 4.78 is 5.50. The first-order valence-corrected chi connectivity index (χ1v) is 11.0. The summed E-state index contributed by atoms with van der Waals surface area (Å²) >= 11 is 0. The van der Waals surface area contributed by atoms with Crippen LogP contribution < -0.4 is 10.6 Å². The molecule has 2 atom stereocenters. The van der Waals surface area contributed by atoms with Crippen molar-refractivity contribution in [2.45, 2.75) is 50.6 Å². The van der Waals surface area contributed by atoms with Gasteiger partial charge in [-0.3, -0.25) is 4.79 Å². The van der Waals surface area contributed by atoms with Crippen molar-refractivity contribution < 1.29 is 24.2 Å². The van der Waals surface area contributed by atoms with Gasteiger partial charge in [-0.05, 0) is 54.9 Å². The van der Waals surface area contributed by atoms with Gasteiger partial charge >= 0.3 is 12.1 Å². The molecule has 0 spiro atoms. The van der Waals surface area contributed by atoms with E-state index in [4.69, 9.17) is 4.74 Å². The molecule has 2 aromatic carbocycles. The SMILES string of the molecule is CC(CC(=O)NC(C)(C(=O)O)C1CC1)NC(=O)OCC1c2ccccc2-c2ccccc21. The van der Waals surface area contributed by atoms with Crippen molar-refractivity contribution in [3.05, 3.63) is 59.7 Å². The van der Waals surface area contributed by atoms with E-state index in [1.165, 1.54) is 6.92 Å². The Kier molecular flexibility index (Phi) is 5.91. The second-order valence-electron chi connectivity index (χ2n) is 8.91. The summed E-state index contributed by atoms with van der Waals surface area (Å²) in [4.78, 5) is 36.3. The zero-order valence-corrected chi connectivity index (χ0v) is 18.3. The number of rotatable bonds is 8. The van der Waals surface area contributed by atoms with E-state index in [2.05, 4.69) is 22.8 Å². The Balaban J connectivity index is 1.31. The Morgan fingerprint density at radius 1 is 1.06 bits per heavy atom. The lowest BCUT2D eigenvalue weighted by Crippen LogP contribution is -2.55. The molecule has 2 aliphatic rings. The maximum absolute atomic E-state index is 12.4. The van der Waals surface area contributed by atoms with Gasteiger partial charge in [0, 0.05) is 18.4 Å². The van der Waals surface area contributed by atoms with Gasteiger partial charge in [0.05, 0.1) is 0 Å². The van der Waals surface area contributed by atoms with Gasteiger partial charge < -0.3 is 20.5 Å². The number of amides is 2. The number of benzene rings is 2. The molecule has 7 nitrogen and oxygen atoms in total. The van der Waals surface area contributed by atoms with E-state index >= 15 is 0 Å². The number of aliphatic carboxylic acids is 1. The largest absolute Gasteiger partial charge is 0.480 e. The average Bonchev–Trinajstić information content (AvgIpc) is 3.56. The number of nitrogens with one attached hydrogen (secondary N) is 2. The summed E-state index contributed by atoms with van der Waals surface area (Å²) in [7, 11) is 0. The molecule has 2 amide bonds. The number of carbonyl (C=O) groups excluding carboxylic acids is 2. The van der Waals surface area contributed by atoms with Crippen LogP contribution in [0.2, 0.25) is 0 Å². The van der Waals surface area contributed by atoms with Crippen molar-refractivity contribution in [1.29, 1.82) is 0 Å². The van der Waals surface area contributed by atoms with Gasteiger partial charge in [-0.1, -0.05) is 48.5 Å². The molecule has 2 unspecified atom stereocenters. The Morgan fingerprint density at radius 3 is 2.16 bits per heavy atom. The molecule has 168 valence electrons. The summed E-state index contributed by atoms with van der Waals surface area (Å²) in [6.45, 7) is 3.42. The fraction of sp³-hybridized carbons (Fsp3) is 0.400. The van der Waals surface area contributed by atoms with Crippen LogP contribution in [0.5, 0.6) is 0 Å². The molecule has 3 N–H and O–H groups in total. The highest BCUT2D eigenvalue weighted by Gasteiger charge is 2.48.